The highest BCUT2D eigenvalue weighted by Gasteiger charge is 2.52. The van der Waals surface area contributed by atoms with Crippen molar-refractivity contribution >= 4 is 18.7 Å². The average molecular weight is 354 g/mol. The van der Waals surface area contributed by atoms with Gasteiger partial charge in [-0.3, -0.25) is 0 Å². The van der Waals surface area contributed by atoms with Crippen LogP contribution in [0.3, 0.4) is 0 Å². The van der Waals surface area contributed by atoms with E-state index in [0.29, 0.717) is 17.8 Å². The Morgan fingerprint density at radius 1 is 1.00 bits per heavy atom. The van der Waals surface area contributed by atoms with Crippen molar-refractivity contribution in [3.8, 4) is 5.75 Å². The van der Waals surface area contributed by atoms with Crippen molar-refractivity contribution in [2.75, 3.05) is 6.61 Å². The topological polar surface area (TPSA) is 27.7 Å². The minimum Gasteiger partial charge on any atom is -0.489 e. The maximum Gasteiger partial charge on any atom is 0.497 e. The summed E-state index contributed by atoms with van der Waals surface area (Å²) in [6.45, 7) is 8.15. The third kappa shape index (κ3) is 4.00. The molecule has 3 nitrogen and oxygen atoms in total. The van der Waals surface area contributed by atoms with Gasteiger partial charge in [-0.25, -0.2) is 4.39 Å². The van der Waals surface area contributed by atoms with Gasteiger partial charge in [0.1, 0.15) is 18.2 Å². The molecule has 0 aromatic heterocycles. The van der Waals surface area contributed by atoms with Gasteiger partial charge in [-0.05, 0) is 45.4 Å². The first-order valence-electron chi connectivity index (χ1n) is 8.78. The van der Waals surface area contributed by atoms with Gasteiger partial charge in [0, 0.05) is 11.5 Å². The second-order valence-electron chi connectivity index (χ2n) is 7.40. The van der Waals surface area contributed by atoms with Crippen molar-refractivity contribution in [2.45, 2.75) is 38.9 Å². The zero-order chi connectivity index (χ0) is 18.8. The third-order valence-electron chi connectivity index (χ3n) is 4.94. The molecule has 0 amide bonds. The van der Waals surface area contributed by atoms with Crippen molar-refractivity contribution in [3.05, 3.63) is 66.0 Å². The lowest BCUT2D eigenvalue weighted by Gasteiger charge is -2.32. The Balaban J connectivity index is 1.62. The third-order valence-corrected chi connectivity index (χ3v) is 4.94. The van der Waals surface area contributed by atoms with E-state index in [-0.39, 0.29) is 0 Å². The van der Waals surface area contributed by atoms with E-state index in [9.17, 15) is 4.39 Å². The van der Waals surface area contributed by atoms with Gasteiger partial charge >= 0.3 is 7.12 Å². The Bertz CT molecular complexity index is 771. The minimum atomic E-state index is -0.716. The summed E-state index contributed by atoms with van der Waals surface area (Å²) >= 11 is 0. The number of hydrogen-bond donors (Lipinski definition) is 0. The molecule has 2 aromatic carbocycles. The van der Waals surface area contributed by atoms with Crippen LogP contribution in [0.1, 0.15) is 33.3 Å². The molecule has 0 N–H and O–H groups in total. The summed E-state index contributed by atoms with van der Waals surface area (Å²) < 4.78 is 31.9. The number of halogens is 1. The molecule has 0 radical (unpaired) electrons. The zero-order valence-electron chi connectivity index (χ0n) is 15.7. The zero-order valence-corrected chi connectivity index (χ0v) is 15.7. The molecular formula is C21H24BFO3. The fraction of sp³-hybridized carbons (Fsp3) is 0.333. The molecule has 1 aliphatic rings. The Morgan fingerprint density at radius 2 is 1.65 bits per heavy atom. The highest BCUT2D eigenvalue weighted by Crippen LogP contribution is 2.36. The van der Waals surface area contributed by atoms with Gasteiger partial charge in [0.15, 0.2) is 0 Å². The fourth-order valence-corrected chi connectivity index (χ4v) is 2.65. The van der Waals surface area contributed by atoms with E-state index in [0.717, 1.165) is 5.56 Å². The molecular weight excluding hydrogens is 330 g/mol. The maximum atomic E-state index is 14.5. The van der Waals surface area contributed by atoms with Crippen LogP contribution in [-0.2, 0) is 9.31 Å². The van der Waals surface area contributed by atoms with Crippen molar-refractivity contribution in [2.24, 2.45) is 0 Å². The minimum absolute atomic E-state index is 0.365. The molecule has 1 aliphatic heterocycles. The van der Waals surface area contributed by atoms with Crippen LogP contribution in [0, 0.1) is 5.82 Å². The smallest absolute Gasteiger partial charge is 0.489 e. The molecule has 0 unspecified atom stereocenters. The van der Waals surface area contributed by atoms with Crippen LogP contribution < -0.4 is 10.2 Å². The van der Waals surface area contributed by atoms with Crippen LogP contribution in [0.25, 0.3) is 6.08 Å². The molecule has 0 bridgehead atoms. The van der Waals surface area contributed by atoms with E-state index in [2.05, 4.69) is 0 Å². The van der Waals surface area contributed by atoms with Crippen LogP contribution in [0.4, 0.5) is 4.39 Å². The number of ether oxygens (including phenoxy) is 1. The summed E-state index contributed by atoms with van der Waals surface area (Å²) in [5.74, 6) is 0.0773. The van der Waals surface area contributed by atoms with Gasteiger partial charge in [-0.1, -0.05) is 42.5 Å². The highest BCUT2D eigenvalue weighted by molar-refractivity contribution is 6.62. The average Bonchev–Trinajstić information content (AvgIpc) is 2.80. The van der Waals surface area contributed by atoms with Crippen LogP contribution >= 0.6 is 0 Å². The van der Waals surface area contributed by atoms with Crippen LogP contribution in [0.15, 0.2) is 54.6 Å². The molecule has 3 rings (SSSR count). The van der Waals surface area contributed by atoms with Crippen molar-refractivity contribution in [1.82, 2.24) is 0 Å². The highest BCUT2D eigenvalue weighted by atomic mass is 19.1. The largest absolute Gasteiger partial charge is 0.497 e. The summed E-state index contributed by atoms with van der Waals surface area (Å²) in [6.07, 6.45) is 3.87. The molecule has 1 saturated heterocycles. The van der Waals surface area contributed by atoms with Crippen LogP contribution in [0.5, 0.6) is 5.75 Å². The Labute approximate surface area is 154 Å². The van der Waals surface area contributed by atoms with Gasteiger partial charge in [-0.15, -0.1) is 0 Å². The molecule has 0 spiro atoms. The molecule has 5 heteroatoms. The van der Waals surface area contributed by atoms with E-state index in [1.165, 1.54) is 6.07 Å². The van der Waals surface area contributed by atoms with Gasteiger partial charge in [0.2, 0.25) is 0 Å². The number of hydrogen-bond acceptors (Lipinski definition) is 3. The Morgan fingerprint density at radius 3 is 2.27 bits per heavy atom. The van der Waals surface area contributed by atoms with E-state index in [1.54, 1.807) is 12.1 Å². The molecule has 136 valence electrons. The van der Waals surface area contributed by atoms with Gasteiger partial charge in [0.25, 0.3) is 0 Å². The van der Waals surface area contributed by atoms with E-state index in [1.807, 2.05) is 70.2 Å². The predicted octanol–water partition coefficient (Wildman–Crippen LogP) is 4.22. The fourth-order valence-electron chi connectivity index (χ4n) is 2.65. The number of benzene rings is 2. The standard InChI is InChI=1S/C21H24BFO3/c1-20(2)21(3,4)26-22(25-20)18-13-12-17(15-19(18)23)24-14-8-11-16-9-6-5-7-10-16/h5-13,15H,14H2,1-4H3/b11-8+. The number of rotatable bonds is 5. The lowest BCUT2D eigenvalue weighted by atomic mass is 9.78. The van der Waals surface area contributed by atoms with Crippen LogP contribution in [0.2, 0.25) is 0 Å². The second-order valence-corrected chi connectivity index (χ2v) is 7.40. The predicted molar refractivity (Wildman–Crippen MR) is 103 cm³/mol. The molecule has 0 saturated carbocycles. The summed E-state index contributed by atoms with van der Waals surface area (Å²) in [7, 11) is -0.716. The normalized spacial score (nSPS) is 18.4. The molecule has 0 aliphatic carbocycles. The van der Waals surface area contributed by atoms with Gasteiger partial charge in [0.05, 0.1) is 11.2 Å². The first kappa shape index (κ1) is 18.7. The first-order valence-corrected chi connectivity index (χ1v) is 8.78. The van der Waals surface area contributed by atoms with E-state index < -0.39 is 24.1 Å². The Kier molecular flexibility index (Phi) is 5.21. The molecule has 2 aromatic rings. The second kappa shape index (κ2) is 7.26. The quantitative estimate of drug-likeness (QED) is 0.753. The van der Waals surface area contributed by atoms with Crippen molar-refractivity contribution < 1.29 is 18.4 Å². The summed E-state index contributed by atoms with van der Waals surface area (Å²) in [5.41, 5.74) is 0.484. The van der Waals surface area contributed by atoms with Gasteiger partial charge in [-0.2, -0.15) is 0 Å². The summed E-state index contributed by atoms with van der Waals surface area (Å²) in [5, 5.41) is 0. The van der Waals surface area contributed by atoms with E-state index in [4.69, 9.17) is 14.0 Å². The lowest BCUT2D eigenvalue weighted by Crippen LogP contribution is -2.41. The summed E-state index contributed by atoms with van der Waals surface area (Å²) in [6, 6.07) is 14.7. The lowest BCUT2D eigenvalue weighted by molar-refractivity contribution is 0.00578. The van der Waals surface area contributed by atoms with E-state index >= 15 is 0 Å². The van der Waals surface area contributed by atoms with Crippen LogP contribution in [-0.4, -0.2) is 24.9 Å². The first-order chi connectivity index (χ1) is 12.3. The Hall–Kier alpha value is -2.11. The maximum absolute atomic E-state index is 14.5. The van der Waals surface area contributed by atoms with Gasteiger partial charge < -0.3 is 14.0 Å². The van der Waals surface area contributed by atoms with Crippen molar-refractivity contribution in [3.63, 3.8) is 0 Å². The SMILES string of the molecule is CC1(C)OB(c2ccc(OC/C=C/c3ccccc3)cc2F)OC1(C)C. The van der Waals surface area contributed by atoms with Crippen molar-refractivity contribution in [1.29, 1.82) is 0 Å². The monoisotopic (exact) mass is 354 g/mol. The molecule has 26 heavy (non-hydrogen) atoms. The molecule has 1 fully saturated rings. The molecule has 0 atom stereocenters. The molecule has 1 heterocycles. The summed E-state index contributed by atoms with van der Waals surface area (Å²) in [4.78, 5) is 0.